The van der Waals surface area contributed by atoms with E-state index in [0.717, 1.165) is 22.5 Å². The molecule has 2 aromatic rings. The molecule has 0 atom stereocenters. The molecule has 0 radical (unpaired) electrons. The van der Waals surface area contributed by atoms with E-state index < -0.39 is 0 Å². The Balaban J connectivity index is 2.27. The van der Waals surface area contributed by atoms with Gasteiger partial charge in [-0.1, -0.05) is 12.1 Å². The number of anilines is 2. The van der Waals surface area contributed by atoms with Crippen molar-refractivity contribution in [1.82, 2.24) is 9.97 Å². The number of hydrogen-bond donors (Lipinski definition) is 1. The summed E-state index contributed by atoms with van der Waals surface area (Å²) in [6, 6.07) is 8.26. The van der Waals surface area contributed by atoms with Gasteiger partial charge in [-0.05, 0) is 47.5 Å². The monoisotopic (exact) mass is 320 g/mol. The number of nitrogens with two attached hydrogens (primary N) is 1. The first-order valence-electron chi connectivity index (χ1n) is 6.14. The fourth-order valence-electron chi connectivity index (χ4n) is 1.84. The Hall–Kier alpha value is -1.62. The number of benzene rings is 1. The van der Waals surface area contributed by atoms with Gasteiger partial charge < -0.3 is 10.6 Å². The average Bonchev–Trinajstić information content (AvgIpc) is 2.39. The van der Waals surface area contributed by atoms with Gasteiger partial charge in [0, 0.05) is 24.5 Å². The van der Waals surface area contributed by atoms with E-state index in [1.165, 1.54) is 5.56 Å². The zero-order chi connectivity index (χ0) is 13.8. The normalized spacial score (nSPS) is 10.7. The second-order valence-electron chi connectivity index (χ2n) is 4.66. The highest BCUT2D eigenvalue weighted by molar-refractivity contribution is 9.10. The first-order chi connectivity index (χ1) is 9.08. The summed E-state index contributed by atoms with van der Waals surface area (Å²) in [6.07, 6.45) is 3.33. The highest BCUT2D eigenvalue weighted by Gasteiger charge is 2.15. The van der Waals surface area contributed by atoms with E-state index in [9.17, 15) is 0 Å². The van der Waals surface area contributed by atoms with Crippen LogP contribution in [-0.4, -0.2) is 16.0 Å². The molecular weight excluding hydrogens is 304 g/mol. The topological polar surface area (TPSA) is 55.0 Å². The lowest BCUT2D eigenvalue weighted by molar-refractivity contribution is 0.669. The first kappa shape index (κ1) is 13.8. The third kappa shape index (κ3) is 3.44. The lowest BCUT2D eigenvalue weighted by atomic mass is 10.1. The third-order valence-electron chi connectivity index (χ3n) is 2.88. The Labute approximate surface area is 121 Å². The molecule has 0 aliphatic heterocycles. The minimum atomic E-state index is 0.337. The lowest BCUT2D eigenvalue weighted by Gasteiger charge is -2.28. The summed E-state index contributed by atoms with van der Waals surface area (Å²) in [5, 5.41) is 0. The maximum absolute atomic E-state index is 5.71. The summed E-state index contributed by atoms with van der Waals surface area (Å²) < 4.78 is 0.902. The Morgan fingerprint density at radius 1 is 1.26 bits per heavy atom. The van der Waals surface area contributed by atoms with Gasteiger partial charge in [-0.3, -0.25) is 0 Å². The summed E-state index contributed by atoms with van der Waals surface area (Å²) in [5.74, 6) is 0.904. The molecule has 0 bridgehead atoms. The summed E-state index contributed by atoms with van der Waals surface area (Å²) in [6.45, 7) is 5.07. The number of nitrogens with zero attached hydrogens (tertiary/aromatic N) is 3. The number of rotatable bonds is 4. The summed E-state index contributed by atoms with van der Waals surface area (Å²) in [4.78, 5) is 10.6. The molecule has 1 aromatic heterocycles. The van der Waals surface area contributed by atoms with Crippen molar-refractivity contribution in [3.8, 4) is 0 Å². The Bertz CT molecular complexity index is 539. The van der Waals surface area contributed by atoms with Gasteiger partial charge in [0.05, 0.1) is 4.47 Å². The van der Waals surface area contributed by atoms with Crippen LogP contribution >= 0.6 is 15.9 Å². The van der Waals surface area contributed by atoms with Crippen molar-refractivity contribution in [1.29, 1.82) is 0 Å². The van der Waals surface area contributed by atoms with Gasteiger partial charge in [0.25, 0.3) is 0 Å². The number of nitrogen functional groups attached to an aromatic ring is 1. The van der Waals surface area contributed by atoms with Gasteiger partial charge in [-0.2, -0.15) is 0 Å². The van der Waals surface area contributed by atoms with E-state index in [0.29, 0.717) is 6.04 Å². The standard InChI is InChI=1S/C14H17BrN4/c1-10(2)19(14-13(15)7-17-9-18-14)8-11-3-5-12(16)6-4-11/h3-7,9-10H,8,16H2,1-2H3. The molecule has 0 saturated heterocycles. The van der Waals surface area contributed by atoms with Crippen LogP contribution in [0.25, 0.3) is 0 Å². The Kier molecular flexibility index (Phi) is 4.37. The maximum atomic E-state index is 5.71. The fourth-order valence-corrected chi connectivity index (χ4v) is 2.29. The molecule has 5 heteroatoms. The summed E-state index contributed by atoms with van der Waals surface area (Å²) in [7, 11) is 0. The van der Waals surface area contributed by atoms with Gasteiger partial charge >= 0.3 is 0 Å². The van der Waals surface area contributed by atoms with Gasteiger partial charge in [-0.25, -0.2) is 9.97 Å². The molecular formula is C14H17BrN4. The van der Waals surface area contributed by atoms with Crippen molar-refractivity contribution in [2.24, 2.45) is 0 Å². The molecule has 2 N–H and O–H groups in total. The number of aromatic nitrogens is 2. The van der Waals surface area contributed by atoms with Crippen LogP contribution in [0.4, 0.5) is 11.5 Å². The predicted molar refractivity (Wildman–Crippen MR) is 81.9 cm³/mol. The molecule has 0 amide bonds. The molecule has 0 spiro atoms. The fraction of sp³-hybridized carbons (Fsp3) is 0.286. The molecule has 0 fully saturated rings. The molecule has 0 aliphatic carbocycles. The zero-order valence-corrected chi connectivity index (χ0v) is 12.6. The molecule has 0 aliphatic rings. The summed E-state index contributed by atoms with van der Waals surface area (Å²) in [5.41, 5.74) is 7.69. The largest absolute Gasteiger partial charge is 0.399 e. The molecule has 100 valence electrons. The minimum Gasteiger partial charge on any atom is -0.399 e. The zero-order valence-electron chi connectivity index (χ0n) is 11.0. The van der Waals surface area contributed by atoms with E-state index >= 15 is 0 Å². The van der Waals surface area contributed by atoms with Crippen LogP contribution in [0.1, 0.15) is 19.4 Å². The molecule has 1 aromatic carbocycles. The second-order valence-corrected chi connectivity index (χ2v) is 5.51. The number of halogens is 1. The summed E-state index contributed by atoms with van der Waals surface area (Å²) >= 11 is 3.50. The second kappa shape index (κ2) is 6.02. The number of hydrogen-bond acceptors (Lipinski definition) is 4. The predicted octanol–water partition coefficient (Wildman–Crippen LogP) is 3.24. The van der Waals surface area contributed by atoms with Gasteiger partial charge in [-0.15, -0.1) is 0 Å². The average molecular weight is 321 g/mol. The molecule has 19 heavy (non-hydrogen) atoms. The molecule has 1 heterocycles. The highest BCUT2D eigenvalue weighted by Crippen LogP contribution is 2.25. The lowest BCUT2D eigenvalue weighted by Crippen LogP contribution is -2.31. The van der Waals surface area contributed by atoms with E-state index in [4.69, 9.17) is 5.73 Å². The SMILES string of the molecule is CC(C)N(Cc1ccc(N)cc1)c1ncncc1Br. The van der Waals surface area contributed by atoms with E-state index in [2.05, 4.69) is 44.6 Å². The molecule has 0 unspecified atom stereocenters. The van der Waals surface area contributed by atoms with Crippen LogP contribution < -0.4 is 10.6 Å². The first-order valence-corrected chi connectivity index (χ1v) is 6.94. The van der Waals surface area contributed by atoms with Crippen LogP contribution in [-0.2, 0) is 6.54 Å². The molecule has 4 nitrogen and oxygen atoms in total. The maximum Gasteiger partial charge on any atom is 0.146 e. The van der Waals surface area contributed by atoms with Crippen LogP contribution in [0.3, 0.4) is 0 Å². The Morgan fingerprint density at radius 3 is 2.53 bits per heavy atom. The van der Waals surface area contributed by atoms with Gasteiger partial charge in [0.15, 0.2) is 0 Å². The van der Waals surface area contributed by atoms with Gasteiger partial charge in [0.2, 0.25) is 0 Å². The van der Waals surface area contributed by atoms with Crippen LogP contribution in [0.5, 0.6) is 0 Å². The van der Waals surface area contributed by atoms with Crippen molar-refractivity contribution in [3.05, 3.63) is 46.8 Å². The molecule has 2 rings (SSSR count). The van der Waals surface area contributed by atoms with Crippen LogP contribution in [0, 0.1) is 0 Å². The Morgan fingerprint density at radius 2 is 1.95 bits per heavy atom. The van der Waals surface area contributed by atoms with Gasteiger partial charge in [0.1, 0.15) is 12.1 Å². The van der Waals surface area contributed by atoms with Crippen molar-refractivity contribution < 1.29 is 0 Å². The van der Waals surface area contributed by atoms with Crippen molar-refractivity contribution in [2.75, 3.05) is 10.6 Å². The van der Waals surface area contributed by atoms with E-state index in [1.54, 1.807) is 12.5 Å². The van der Waals surface area contributed by atoms with Crippen molar-refractivity contribution in [3.63, 3.8) is 0 Å². The van der Waals surface area contributed by atoms with Crippen molar-refractivity contribution in [2.45, 2.75) is 26.4 Å². The van der Waals surface area contributed by atoms with E-state index in [1.807, 2.05) is 24.3 Å². The van der Waals surface area contributed by atoms with Crippen LogP contribution in [0.2, 0.25) is 0 Å². The van der Waals surface area contributed by atoms with Crippen LogP contribution in [0.15, 0.2) is 41.3 Å². The third-order valence-corrected chi connectivity index (χ3v) is 3.44. The van der Waals surface area contributed by atoms with Crippen molar-refractivity contribution >= 4 is 27.4 Å². The highest BCUT2D eigenvalue weighted by atomic mass is 79.9. The quantitative estimate of drug-likeness (QED) is 0.879. The van der Waals surface area contributed by atoms with E-state index in [-0.39, 0.29) is 0 Å². The molecule has 0 saturated carbocycles. The smallest absolute Gasteiger partial charge is 0.146 e. The minimum absolute atomic E-state index is 0.337.